The summed E-state index contributed by atoms with van der Waals surface area (Å²) in [5.74, 6) is -0.441. The predicted octanol–water partition coefficient (Wildman–Crippen LogP) is 6.98. The summed E-state index contributed by atoms with van der Waals surface area (Å²) in [5, 5.41) is 19.2. The molecule has 0 radical (unpaired) electrons. The van der Waals surface area contributed by atoms with Crippen LogP contribution in [0.3, 0.4) is 0 Å². The Morgan fingerprint density at radius 1 is 1.08 bits per heavy atom. The van der Waals surface area contributed by atoms with Crippen molar-refractivity contribution >= 4 is 35.4 Å². The fourth-order valence-corrected chi connectivity index (χ4v) is 10.0. The van der Waals surface area contributed by atoms with Crippen LogP contribution >= 0.6 is 0 Å². The zero-order valence-corrected chi connectivity index (χ0v) is 34.4. The van der Waals surface area contributed by atoms with Crippen molar-refractivity contribution in [3.8, 4) is 16.9 Å². The van der Waals surface area contributed by atoms with Crippen molar-refractivity contribution in [2.45, 2.75) is 90.8 Å². The highest BCUT2D eigenvalue weighted by atomic mass is 19.1. The SMILES string of the molecule is COc1cc(/C(F)=C/c2cccc(-c3cccc(NC(=O)c4nc5c(n4C)CCN(CCC46CCC(C(=O)O)(CC4)C6)C5)c3C)c2C)ncc1CNCC1CCC(=O)N1. The molecule has 2 saturated carbocycles. The van der Waals surface area contributed by atoms with E-state index in [0.29, 0.717) is 48.9 Å². The highest BCUT2D eigenvalue weighted by Crippen LogP contribution is 2.63. The number of imidazole rings is 1. The molecule has 4 heterocycles. The molecule has 59 heavy (non-hydrogen) atoms. The maximum Gasteiger partial charge on any atom is 0.309 e. The van der Waals surface area contributed by atoms with E-state index in [-0.39, 0.29) is 29.0 Å². The number of amides is 2. The van der Waals surface area contributed by atoms with E-state index in [1.807, 2.05) is 61.9 Å². The molecule has 2 aromatic heterocycles. The molecule has 8 rings (SSSR count). The molecular formula is C46H54FN7O5. The second-order valence-electron chi connectivity index (χ2n) is 17.2. The minimum atomic E-state index is -0.623. The van der Waals surface area contributed by atoms with Crippen LogP contribution in [0.15, 0.2) is 48.7 Å². The monoisotopic (exact) mass is 803 g/mol. The molecule has 3 fully saturated rings. The summed E-state index contributed by atoms with van der Waals surface area (Å²) in [6.07, 6.45) is 10.6. The van der Waals surface area contributed by atoms with Crippen LogP contribution in [0, 0.1) is 24.7 Å². The normalized spacial score (nSPS) is 22.7. The average Bonchev–Trinajstić information content (AvgIpc) is 4.01. The van der Waals surface area contributed by atoms with Crippen LogP contribution in [0.4, 0.5) is 10.1 Å². The number of carbonyl (C=O) groups is 3. The van der Waals surface area contributed by atoms with Gasteiger partial charge in [0.2, 0.25) is 5.91 Å². The van der Waals surface area contributed by atoms with Crippen molar-refractivity contribution in [3.63, 3.8) is 0 Å². The second kappa shape index (κ2) is 16.3. The van der Waals surface area contributed by atoms with Gasteiger partial charge in [0.1, 0.15) is 17.3 Å². The molecule has 0 spiro atoms. The highest BCUT2D eigenvalue weighted by Gasteiger charge is 2.57. The molecule has 12 nitrogen and oxygen atoms in total. The molecule has 2 bridgehead atoms. The second-order valence-corrected chi connectivity index (χ2v) is 17.2. The topological polar surface area (TPSA) is 151 Å². The Kier molecular flexibility index (Phi) is 11.2. The largest absolute Gasteiger partial charge is 0.496 e. The summed E-state index contributed by atoms with van der Waals surface area (Å²) in [5.41, 5.74) is 7.55. The zero-order valence-electron chi connectivity index (χ0n) is 34.4. The summed E-state index contributed by atoms with van der Waals surface area (Å²) in [4.78, 5) is 49.0. The Bertz CT molecular complexity index is 2330. The lowest BCUT2D eigenvalue weighted by molar-refractivity contribution is -0.148. The van der Waals surface area contributed by atoms with Crippen LogP contribution in [0.25, 0.3) is 23.0 Å². The van der Waals surface area contributed by atoms with Gasteiger partial charge < -0.3 is 30.4 Å². The quantitative estimate of drug-likeness (QED) is 0.106. The first-order chi connectivity index (χ1) is 28.4. The lowest BCUT2D eigenvalue weighted by atomic mass is 9.80. The number of halogens is 1. The van der Waals surface area contributed by atoms with Gasteiger partial charge >= 0.3 is 5.97 Å². The fraction of sp³-hybridized carbons (Fsp3) is 0.457. The lowest BCUT2D eigenvalue weighted by Gasteiger charge is -2.32. The van der Waals surface area contributed by atoms with Crippen LogP contribution in [0.2, 0.25) is 0 Å². The third-order valence-corrected chi connectivity index (χ3v) is 13.7. The van der Waals surface area contributed by atoms with Crippen molar-refractivity contribution < 1.29 is 28.6 Å². The Balaban J connectivity index is 0.929. The Morgan fingerprint density at radius 3 is 2.56 bits per heavy atom. The van der Waals surface area contributed by atoms with Crippen LogP contribution in [0.5, 0.6) is 5.75 Å². The smallest absolute Gasteiger partial charge is 0.309 e. The minimum absolute atomic E-state index is 0.0706. The van der Waals surface area contributed by atoms with Gasteiger partial charge in [0.25, 0.3) is 5.91 Å². The van der Waals surface area contributed by atoms with E-state index >= 15 is 4.39 Å². The standard InChI is InChI=1S/C46H54FN7O5/c1-28-30(21-35(47)37-22-40(59-4)31(24-49-37)23-48-25-32-11-12-41(55)50-32)7-5-8-33(28)34-9-6-10-36(29(34)2)52-43(56)42-51-38-26-54(19-13-39(38)53(42)3)20-18-45-14-16-46(27-45,17-15-45)44(57)58/h5-10,21-22,24,32,48H,11-20,23,25-27H2,1-4H3,(H,50,55)(H,52,56)(H,57,58)/b35-21-. The van der Waals surface area contributed by atoms with E-state index in [0.717, 1.165) is 104 Å². The first-order valence-corrected chi connectivity index (χ1v) is 20.8. The fourth-order valence-electron chi connectivity index (χ4n) is 10.0. The molecule has 2 amide bonds. The molecule has 2 aromatic carbocycles. The maximum absolute atomic E-state index is 15.8. The average molecular weight is 804 g/mol. The van der Waals surface area contributed by atoms with E-state index in [4.69, 9.17) is 9.72 Å². The molecule has 1 atom stereocenters. The number of nitrogens with one attached hydrogen (secondary N) is 3. The first kappa shape index (κ1) is 40.4. The number of methoxy groups -OCH3 is 1. The van der Waals surface area contributed by atoms with Gasteiger partial charge in [-0.05, 0) is 111 Å². The Hall–Kier alpha value is -5.40. The van der Waals surface area contributed by atoms with Gasteiger partial charge in [-0.2, -0.15) is 0 Å². The summed E-state index contributed by atoms with van der Waals surface area (Å²) in [6.45, 7) is 7.49. The summed E-state index contributed by atoms with van der Waals surface area (Å²) >= 11 is 0. The van der Waals surface area contributed by atoms with Gasteiger partial charge in [0.15, 0.2) is 5.82 Å². The van der Waals surface area contributed by atoms with Gasteiger partial charge in [-0.15, -0.1) is 0 Å². The predicted molar refractivity (Wildman–Crippen MR) is 224 cm³/mol. The van der Waals surface area contributed by atoms with E-state index in [9.17, 15) is 19.5 Å². The van der Waals surface area contributed by atoms with E-state index in [1.54, 1.807) is 19.4 Å². The summed E-state index contributed by atoms with van der Waals surface area (Å²) < 4.78 is 23.3. The number of benzene rings is 2. The molecule has 2 aliphatic carbocycles. The molecule has 2 aliphatic heterocycles. The molecule has 4 aromatic rings. The third-order valence-electron chi connectivity index (χ3n) is 13.7. The molecule has 1 unspecified atom stereocenters. The van der Waals surface area contributed by atoms with Gasteiger partial charge in [-0.25, -0.2) is 9.37 Å². The van der Waals surface area contributed by atoms with Crippen LogP contribution in [-0.4, -0.2) is 75.1 Å². The first-order valence-electron chi connectivity index (χ1n) is 20.8. The lowest BCUT2D eigenvalue weighted by Crippen LogP contribution is -2.35. The van der Waals surface area contributed by atoms with E-state index < -0.39 is 17.2 Å². The maximum atomic E-state index is 15.8. The van der Waals surface area contributed by atoms with Crippen molar-refractivity contribution in [1.82, 2.24) is 30.1 Å². The van der Waals surface area contributed by atoms with Crippen LogP contribution < -0.4 is 20.7 Å². The number of anilines is 1. The van der Waals surface area contributed by atoms with Crippen molar-refractivity contribution in [2.75, 3.05) is 32.1 Å². The van der Waals surface area contributed by atoms with E-state index in [1.165, 1.54) is 6.08 Å². The van der Waals surface area contributed by atoms with Crippen LogP contribution in [-0.2, 0) is 36.1 Å². The molecule has 13 heteroatoms. The summed E-state index contributed by atoms with van der Waals surface area (Å²) in [7, 11) is 3.45. The number of rotatable bonds is 14. The molecule has 4 aliphatic rings. The van der Waals surface area contributed by atoms with E-state index in [2.05, 4.69) is 25.8 Å². The van der Waals surface area contributed by atoms with Crippen molar-refractivity contribution in [1.29, 1.82) is 0 Å². The molecule has 4 N–H and O–H groups in total. The molecular weight excluding hydrogens is 750 g/mol. The Labute approximate surface area is 344 Å². The number of carboxylic acid groups (broad SMARTS) is 1. The number of fused-ring (bicyclic) bond motifs is 3. The Morgan fingerprint density at radius 2 is 1.85 bits per heavy atom. The number of pyridine rings is 1. The van der Waals surface area contributed by atoms with Gasteiger partial charge in [-0.1, -0.05) is 30.3 Å². The highest BCUT2D eigenvalue weighted by molar-refractivity contribution is 6.03. The van der Waals surface area contributed by atoms with Gasteiger partial charge in [0, 0.05) is 81.3 Å². The van der Waals surface area contributed by atoms with Crippen molar-refractivity contribution in [3.05, 3.63) is 93.8 Å². The number of hydrogen-bond donors (Lipinski definition) is 4. The molecule has 310 valence electrons. The number of aromatic nitrogens is 3. The molecule has 1 saturated heterocycles. The zero-order chi connectivity index (χ0) is 41.5. The number of aliphatic carboxylic acids is 1. The number of carbonyl (C=O) groups excluding carboxylic acids is 2. The minimum Gasteiger partial charge on any atom is -0.496 e. The summed E-state index contributed by atoms with van der Waals surface area (Å²) in [6, 6.07) is 13.3. The number of carboxylic acids is 1. The van der Waals surface area contributed by atoms with Gasteiger partial charge in [0.05, 0.1) is 18.2 Å². The number of hydrogen-bond acceptors (Lipinski definition) is 8. The van der Waals surface area contributed by atoms with Gasteiger partial charge in [-0.3, -0.25) is 24.3 Å². The van der Waals surface area contributed by atoms with Crippen LogP contribution in [0.1, 0.15) is 101 Å². The third kappa shape index (κ3) is 8.02. The van der Waals surface area contributed by atoms with Crippen molar-refractivity contribution in [2.24, 2.45) is 17.9 Å². The number of nitrogens with zero attached hydrogens (tertiary/aromatic N) is 4. The number of ether oxygens (including phenoxy) is 1.